The van der Waals surface area contributed by atoms with Crippen LogP contribution in [0.4, 0.5) is 0 Å². The number of tetrazole rings is 1. The molecule has 0 spiro atoms. The monoisotopic (exact) mass is 369 g/mol. The Bertz CT molecular complexity index is 989. The fraction of sp³-hybridized carbons (Fsp3) is 0.474. The minimum Gasteiger partial charge on any atom is -0.383 e. The second kappa shape index (κ2) is 7.58. The summed E-state index contributed by atoms with van der Waals surface area (Å²) in [5.74, 6) is 0.723. The van der Waals surface area contributed by atoms with Crippen molar-refractivity contribution in [3.8, 4) is 0 Å². The van der Waals surface area contributed by atoms with Gasteiger partial charge in [-0.2, -0.15) is 0 Å². The summed E-state index contributed by atoms with van der Waals surface area (Å²) >= 11 is 0. The third-order valence-electron chi connectivity index (χ3n) is 5.32. The third-order valence-corrected chi connectivity index (χ3v) is 5.32. The summed E-state index contributed by atoms with van der Waals surface area (Å²) in [4.78, 5) is 17.4. The zero-order valence-corrected chi connectivity index (χ0v) is 15.7. The molecule has 1 aromatic carbocycles. The number of hydrogen-bond acceptors (Lipinski definition) is 5. The van der Waals surface area contributed by atoms with Gasteiger partial charge < -0.3 is 14.6 Å². The Labute approximate surface area is 157 Å². The second-order valence-electron chi connectivity index (χ2n) is 7.20. The van der Waals surface area contributed by atoms with E-state index >= 15 is 0 Å². The van der Waals surface area contributed by atoms with E-state index in [2.05, 4.69) is 26.6 Å². The van der Waals surface area contributed by atoms with E-state index in [1.165, 1.54) is 4.90 Å². The molecule has 8 nitrogen and oxygen atoms in total. The number of aromatic nitrogens is 5. The van der Waals surface area contributed by atoms with Crippen molar-refractivity contribution in [2.75, 3.05) is 26.8 Å². The van der Waals surface area contributed by atoms with Gasteiger partial charge in [-0.1, -0.05) is 12.1 Å². The average Bonchev–Trinajstić information content (AvgIpc) is 3.33. The smallest absolute Gasteiger partial charge is 0.258 e. The third kappa shape index (κ3) is 3.50. The van der Waals surface area contributed by atoms with Gasteiger partial charge in [-0.05, 0) is 40.4 Å². The number of H-pyrrole nitrogens is 1. The molecule has 0 bridgehead atoms. The highest BCUT2D eigenvalue weighted by Crippen LogP contribution is 2.20. The lowest BCUT2D eigenvalue weighted by Crippen LogP contribution is -3.10. The number of benzene rings is 1. The number of methoxy groups -OCH3 is 1. The largest absolute Gasteiger partial charge is 0.383 e. The number of pyridine rings is 1. The highest BCUT2D eigenvalue weighted by atomic mass is 16.5. The SMILES string of the molecule is COCCn1nnnc1[C@H](c1cc2ccc(C)cc2[nH]c1=O)[NH+]1CCCC1. The lowest BCUT2D eigenvalue weighted by molar-refractivity contribution is -0.914. The molecule has 4 rings (SSSR count). The van der Waals surface area contributed by atoms with Gasteiger partial charge in [-0.3, -0.25) is 4.79 Å². The fourth-order valence-electron chi connectivity index (χ4n) is 3.96. The van der Waals surface area contributed by atoms with E-state index in [-0.39, 0.29) is 11.6 Å². The first-order valence-electron chi connectivity index (χ1n) is 9.40. The minimum atomic E-state index is -0.186. The van der Waals surface area contributed by atoms with Crippen LogP contribution in [0.25, 0.3) is 10.9 Å². The van der Waals surface area contributed by atoms with Crippen molar-refractivity contribution in [1.29, 1.82) is 0 Å². The molecule has 1 saturated heterocycles. The summed E-state index contributed by atoms with van der Waals surface area (Å²) < 4.78 is 6.94. The number of nitrogens with one attached hydrogen (secondary N) is 2. The normalized spacial score (nSPS) is 16.2. The number of quaternary nitrogens is 1. The Morgan fingerprint density at radius 2 is 2.11 bits per heavy atom. The van der Waals surface area contributed by atoms with E-state index in [4.69, 9.17) is 4.74 Å². The quantitative estimate of drug-likeness (QED) is 0.650. The molecular formula is C19H25N6O2+. The topological polar surface area (TPSA) is 90.1 Å². The second-order valence-corrected chi connectivity index (χ2v) is 7.20. The van der Waals surface area contributed by atoms with E-state index in [0.29, 0.717) is 13.2 Å². The Balaban J connectivity index is 1.83. The number of rotatable bonds is 6. The summed E-state index contributed by atoms with van der Waals surface area (Å²) in [5.41, 5.74) is 2.63. The number of aromatic amines is 1. The molecule has 0 saturated carbocycles. The van der Waals surface area contributed by atoms with Crippen LogP contribution in [0.1, 0.15) is 35.8 Å². The molecule has 0 radical (unpaired) electrons. The van der Waals surface area contributed by atoms with Gasteiger partial charge in [0, 0.05) is 25.5 Å². The number of hydrogen-bond donors (Lipinski definition) is 2. The minimum absolute atomic E-state index is 0.0706. The molecule has 2 aromatic heterocycles. The molecule has 1 fully saturated rings. The molecule has 1 atom stereocenters. The molecule has 3 aromatic rings. The fourth-order valence-corrected chi connectivity index (χ4v) is 3.96. The van der Waals surface area contributed by atoms with Crippen LogP contribution in [0.3, 0.4) is 0 Å². The van der Waals surface area contributed by atoms with Gasteiger partial charge in [0.1, 0.15) is 0 Å². The van der Waals surface area contributed by atoms with E-state index in [0.717, 1.165) is 53.8 Å². The zero-order chi connectivity index (χ0) is 18.8. The molecule has 1 aliphatic rings. The number of fused-ring (bicyclic) bond motifs is 1. The molecule has 142 valence electrons. The maximum Gasteiger partial charge on any atom is 0.258 e. The summed E-state index contributed by atoms with van der Waals surface area (Å²) in [6.45, 7) is 5.12. The highest BCUT2D eigenvalue weighted by Gasteiger charge is 2.35. The zero-order valence-electron chi connectivity index (χ0n) is 15.7. The first-order chi connectivity index (χ1) is 13.2. The molecule has 0 aliphatic carbocycles. The lowest BCUT2D eigenvalue weighted by atomic mass is 10.0. The maximum absolute atomic E-state index is 13.0. The highest BCUT2D eigenvalue weighted by molar-refractivity contribution is 5.79. The van der Waals surface area contributed by atoms with Crippen molar-refractivity contribution in [3.05, 3.63) is 51.6 Å². The van der Waals surface area contributed by atoms with Crippen LogP contribution in [-0.4, -0.2) is 52.0 Å². The van der Waals surface area contributed by atoms with E-state index in [1.807, 2.05) is 25.1 Å². The summed E-state index contributed by atoms with van der Waals surface area (Å²) in [6, 6.07) is 7.92. The average molecular weight is 369 g/mol. The van der Waals surface area contributed by atoms with Crippen molar-refractivity contribution in [2.24, 2.45) is 0 Å². The summed E-state index contributed by atoms with van der Waals surface area (Å²) in [7, 11) is 1.66. The standard InChI is InChI=1S/C19H24N6O2/c1-13-5-6-14-12-15(19(26)20-16(14)11-13)17(24-7-3-4-8-24)18-21-22-23-25(18)9-10-27-2/h5-6,11-12,17H,3-4,7-10H2,1-2H3,(H,20,26)/p+1/t17-/m0/s1. The van der Waals surface area contributed by atoms with Crippen LogP contribution in [-0.2, 0) is 11.3 Å². The molecule has 0 amide bonds. The molecule has 8 heteroatoms. The van der Waals surface area contributed by atoms with Crippen molar-refractivity contribution >= 4 is 10.9 Å². The van der Waals surface area contributed by atoms with E-state index < -0.39 is 0 Å². The Morgan fingerprint density at radius 1 is 1.30 bits per heavy atom. The summed E-state index contributed by atoms with van der Waals surface area (Å²) in [5, 5.41) is 13.3. The van der Waals surface area contributed by atoms with Crippen LogP contribution in [0.5, 0.6) is 0 Å². The molecule has 27 heavy (non-hydrogen) atoms. The van der Waals surface area contributed by atoms with Crippen LogP contribution in [0.15, 0.2) is 29.1 Å². The van der Waals surface area contributed by atoms with Crippen LogP contribution in [0.2, 0.25) is 0 Å². The van der Waals surface area contributed by atoms with Gasteiger partial charge in [0.15, 0.2) is 6.04 Å². The predicted molar refractivity (Wildman–Crippen MR) is 101 cm³/mol. The number of ether oxygens (including phenoxy) is 1. The van der Waals surface area contributed by atoms with Gasteiger partial charge in [-0.25, -0.2) is 4.68 Å². The van der Waals surface area contributed by atoms with E-state index in [1.54, 1.807) is 11.8 Å². The lowest BCUT2D eigenvalue weighted by Gasteiger charge is -2.23. The molecule has 0 unspecified atom stereocenters. The van der Waals surface area contributed by atoms with Gasteiger partial charge in [-0.15, -0.1) is 5.10 Å². The van der Waals surface area contributed by atoms with Crippen LogP contribution >= 0.6 is 0 Å². The van der Waals surface area contributed by atoms with Gasteiger partial charge >= 0.3 is 0 Å². The molecule has 2 N–H and O–H groups in total. The van der Waals surface area contributed by atoms with Crippen molar-refractivity contribution in [2.45, 2.75) is 32.4 Å². The van der Waals surface area contributed by atoms with Crippen molar-refractivity contribution < 1.29 is 9.64 Å². The first kappa shape index (κ1) is 17.8. The Kier molecular flexibility index (Phi) is 5.00. The number of aryl methyl sites for hydroxylation is 1. The van der Waals surface area contributed by atoms with Crippen molar-refractivity contribution in [3.63, 3.8) is 0 Å². The van der Waals surface area contributed by atoms with Crippen LogP contribution < -0.4 is 10.5 Å². The van der Waals surface area contributed by atoms with E-state index in [9.17, 15) is 4.79 Å². The number of likely N-dealkylation sites (tertiary alicyclic amines) is 1. The molecular weight excluding hydrogens is 344 g/mol. The Hall–Kier alpha value is -2.58. The first-order valence-corrected chi connectivity index (χ1v) is 9.40. The molecule has 3 heterocycles. The maximum atomic E-state index is 13.0. The van der Waals surface area contributed by atoms with Crippen LogP contribution in [0, 0.1) is 6.92 Å². The van der Waals surface area contributed by atoms with Gasteiger partial charge in [0.05, 0.1) is 31.8 Å². The Morgan fingerprint density at radius 3 is 2.89 bits per heavy atom. The van der Waals surface area contributed by atoms with Gasteiger partial charge in [0.2, 0.25) is 5.82 Å². The predicted octanol–water partition coefficient (Wildman–Crippen LogP) is 0.238. The van der Waals surface area contributed by atoms with Gasteiger partial charge in [0.25, 0.3) is 5.56 Å². The van der Waals surface area contributed by atoms with Crippen molar-refractivity contribution in [1.82, 2.24) is 25.2 Å². The summed E-state index contributed by atoms with van der Waals surface area (Å²) in [6.07, 6.45) is 2.30. The molecule has 1 aliphatic heterocycles. The number of nitrogens with zero attached hydrogens (tertiary/aromatic N) is 4.